The van der Waals surface area contributed by atoms with Crippen molar-refractivity contribution in [1.29, 1.82) is 5.26 Å². The van der Waals surface area contributed by atoms with Crippen molar-refractivity contribution in [3.05, 3.63) is 24.0 Å². The van der Waals surface area contributed by atoms with Crippen LogP contribution < -0.4 is 10.0 Å². The maximum Gasteiger partial charge on any atom is 0.243 e. The smallest absolute Gasteiger partial charge is 0.243 e. The summed E-state index contributed by atoms with van der Waals surface area (Å²) in [5.74, 6) is 0. The van der Waals surface area contributed by atoms with E-state index in [4.69, 9.17) is 5.26 Å². The van der Waals surface area contributed by atoms with Crippen molar-refractivity contribution in [1.82, 2.24) is 15.0 Å². The topological polar surface area (TPSA) is 94.9 Å². The lowest BCUT2D eigenvalue weighted by atomic mass is 10.3. The molecule has 0 spiro atoms. The van der Waals surface area contributed by atoms with Crippen LogP contribution in [0.15, 0.2) is 23.2 Å². The molecular formula is C12H18N4O2S. The van der Waals surface area contributed by atoms with Crippen molar-refractivity contribution in [3.8, 4) is 6.07 Å². The fourth-order valence-corrected chi connectivity index (χ4v) is 2.63. The van der Waals surface area contributed by atoms with Crippen LogP contribution in [0.1, 0.15) is 26.0 Å². The molecule has 1 rings (SSSR count). The van der Waals surface area contributed by atoms with Gasteiger partial charge in [-0.25, -0.2) is 18.1 Å². The number of aromatic nitrogens is 1. The highest BCUT2D eigenvalue weighted by atomic mass is 32.2. The van der Waals surface area contributed by atoms with E-state index in [1.54, 1.807) is 6.07 Å². The van der Waals surface area contributed by atoms with Gasteiger partial charge < -0.3 is 5.32 Å². The molecule has 1 heterocycles. The van der Waals surface area contributed by atoms with Crippen molar-refractivity contribution in [2.24, 2.45) is 0 Å². The quantitative estimate of drug-likeness (QED) is 0.715. The lowest BCUT2D eigenvalue weighted by molar-refractivity contribution is 0.554. The average Bonchev–Trinajstić information content (AvgIpc) is 2.37. The van der Waals surface area contributed by atoms with Crippen molar-refractivity contribution in [3.63, 3.8) is 0 Å². The van der Waals surface area contributed by atoms with E-state index in [-0.39, 0.29) is 10.6 Å². The Labute approximate surface area is 113 Å². The summed E-state index contributed by atoms with van der Waals surface area (Å²) in [5, 5.41) is 12.0. The predicted molar refractivity (Wildman–Crippen MR) is 71.9 cm³/mol. The number of hydrogen-bond acceptors (Lipinski definition) is 5. The van der Waals surface area contributed by atoms with E-state index in [1.807, 2.05) is 13.8 Å². The summed E-state index contributed by atoms with van der Waals surface area (Å²) in [6.45, 7) is 5.11. The molecule has 0 radical (unpaired) electrons. The summed E-state index contributed by atoms with van der Waals surface area (Å²) in [4.78, 5) is 3.66. The van der Waals surface area contributed by atoms with Crippen LogP contribution in [0.2, 0.25) is 0 Å². The van der Waals surface area contributed by atoms with Crippen LogP contribution in [0.4, 0.5) is 0 Å². The number of nitrogens with one attached hydrogen (secondary N) is 2. The van der Waals surface area contributed by atoms with Gasteiger partial charge in [0.25, 0.3) is 0 Å². The van der Waals surface area contributed by atoms with Gasteiger partial charge in [-0.15, -0.1) is 0 Å². The highest BCUT2D eigenvalue weighted by molar-refractivity contribution is 7.89. The summed E-state index contributed by atoms with van der Waals surface area (Å²) in [6, 6.07) is 5.02. The van der Waals surface area contributed by atoms with Gasteiger partial charge in [0.15, 0.2) is 5.69 Å². The molecule has 0 aliphatic rings. The molecule has 0 bridgehead atoms. The number of sulfonamides is 1. The molecule has 1 aromatic heterocycles. The van der Waals surface area contributed by atoms with Crippen molar-refractivity contribution < 1.29 is 8.42 Å². The highest BCUT2D eigenvalue weighted by Gasteiger charge is 2.18. The van der Waals surface area contributed by atoms with E-state index >= 15 is 0 Å². The molecule has 7 heteroatoms. The minimum Gasteiger partial charge on any atom is -0.314 e. The third kappa shape index (κ3) is 4.95. The first-order valence-electron chi connectivity index (χ1n) is 6.05. The minimum absolute atomic E-state index is 0.0747. The molecule has 6 nitrogen and oxygen atoms in total. The lowest BCUT2D eigenvalue weighted by Gasteiger charge is -2.09. The van der Waals surface area contributed by atoms with Crippen LogP contribution in [-0.4, -0.2) is 32.5 Å². The molecule has 1 aromatic rings. The van der Waals surface area contributed by atoms with E-state index in [0.29, 0.717) is 19.0 Å². The third-order valence-corrected chi connectivity index (χ3v) is 3.86. The second-order valence-corrected chi connectivity index (χ2v) is 6.06. The molecule has 0 amide bonds. The zero-order chi connectivity index (χ0) is 14.3. The number of nitriles is 1. The Morgan fingerprint density at radius 3 is 2.79 bits per heavy atom. The van der Waals surface area contributed by atoms with Gasteiger partial charge in [0.05, 0.1) is 0 Å². The van der Waals surface area contributed by atoms with Gasteiger partial charge in [0, 0.05) is 18.8 Å². The second-order valence-electron chi connectivity index (χ2n) is 4.32. The summed E-state index contributed by atoms with van der Waals surface area (Å²) in [5.41, 5.74) is -0.0877. The summed E-state index contributed by atoms with van der Waals surface area (Å²) in [6.07, 6.45) is 2.07. The molecule has 0 aliphatic carbocycles. The van der Waals surface area contributed by atoms with E-state index in [2.05, 4.69) is 15.0 Å². The number of hydrogen-bond donors (Lipinski definition) is 2. The fraction of sp³-hybridized carbons (Fsp3) is 0.500. The van der Waals surface area contributed by atoms with Gasteiger partial charge in [0.2, 0.25) is 10.0 Å². The lowest BCUT2D eigenvalue weighted by Crippen LogP contribution is -2.30. The second kappa shape index (κ2) is 7.19. The molecule has 0 atom stereocenters. The molecular weight excluding hydrogens is 264 g/mol. The molecule has 104 valence electrons. The Morgan fingerprint density at radius 1 is 1.42 bits per heavy atom. The zero-order valence-electron chi connectivity index (χ0n) is 11.0. The molecule has 0 unspecified atom stereocenters. The fourth-order valence-electron chi connectivity index (χ4n) is 1.45. The van der Waals surface area contributed by atoms with Crippen LogP contribution in [0, 0.1) is 11.3 Å². The molecule has 0 aromatic carbocycles. The highest BCUT2D eigenvalue weighted by Crippen LogP contribution is 2.11. The molecule has 0 saturated heterocycles. The summed E-state index contributed by atoms with van der Waals surface area (Å²) < 4.78 is 26.4. The zero-order valence-corrected chi connectivity index (χ0v) is 11.9. The van der Waals surface area contributed by atoms with Crippen LogP contribution in [-0.2, 0) is 10.0 Å². The molecule has 2 N–H and O–H groups in total. The van der Waals surface area contributed by atoms with E-state index in [9.17, 15) is 8.42 Å². The Morgan fingerprint density at radius 2 is 2.16 bits per heavy atom. The maximum atomic E-state index is 12.0. The Balaban J connectivity index is 2.60. The van der Waals surface area contributed by atoms with Crippen LogP contribution >= 0.6 is 0 Å². The Bertz CT molecular complexity index is 549. The first-order chi connectivity index (χ1) is 8.97. The molecule has 0 aliphatic heterocycles. The minimum atomic E-state index is -3.67. The summed E-state index contributed by atoms with van der Waals surface area (Å²) >= 11 is 0. The van der Waals surface area contributed by atoms with E-state index < -0.39 is 10.0 Å². The van der Waals surface area contributed by atoms with Gasteiger partial charge >= 0.3 is 0 Å². The SMILES string of the molecule is CC(C)NCCCNS(=O)(=O)c1cccnc1C#N. The number of pyridine rings is 1. The maximum absolute atomic E-state index is 12.0. The Kier molecular flexibility index (Phi) is 5.89. The van der Waals surface area contributed by atoms with Gasteiger partial charge in [-0.2, -0.15) is 5.26 Å². The third-order valence-electron chi connectivity index (χ3n) is 2.36. The van der Waals surface area contributed by atoms with E-state index in [1.165, 1.54) is 18.3 Å². The standard InChI is InChI=1S/C12H18N4O2S/c1-10(2)14-7-4-8-16-19(17,18)12-5-3-6-15-11(12)9-13/h3,5-6,10,14,16H,4,7-8H2,1-2H3. The first kappa shape index (κ1) is 15.6. The molecule has 0 fully saturated rings. The largest absolute Gasteiger partial charge is 0.314 e. The summed E-state index contributed by atoms with van der Waals surface area (Å²) in [7, 11) is -3.67. The van der Waals surface area contributed by atoms with Crippen molar-refractivity contribution in [2.75, 3.05) is 13.1 Å². The first-order valence-corrected chi connectivity index (χ1v) is 7.54. The number of rotatable bonds is 7. The van der Waals surface area contributed by atoms with Crippen molar-refractivity contribution in [2.45, 2.75) is 31.2 Å². The molecule has 0 saturated carbocycles. The van der Waals surface area contributed by atoms with Crippen molar-refractivity contribution >= 4 is 10.0 Å². The van der Waals surface area contributed by atoms with Gasteiger partial charge in [-0.05, 0) is 25.1 Å². The van der Waals surface area contributed by atoms with Crippen LogP contribution in [0.3, 0.4) is 0 Å². The van der Waals surface area contributed by atoms with Crippen LogP contribution in [0.25, 0.3) is 0 Å². The van der Waals surface area contributed by atoms with Gasteiger partial charge in [-0.3, -0.25) is 0 Å². The average molecular weight is 282 g/mol. The van der Waals surface area contributed by atoms with E-state index in [0.717, 1.165) is 6.54 Å². The molecule has 19 heavy (non-hydrogen) atoms. The number of nitrogens with zero attached hydrogens (tertiary/aromatic N) is 2. The normalized spacial score (nSPS) is 11.5. The van der Waals surface area contributed by atoms with Gasteiger partial charge in [-0.1, -0.05) is 13.8 Å². The van der Waals surface area contributed by atoms with Crippen LogP contribution in [0.5, 0.6) is 0 Å². The van der Waals surface area contributed by atoms with Gasteiger partial charge in [0.1, 0.15) is 11.0 Å². The predicted octanol–water partition coefficient (Wildman–Crippen LogP) is 0.620. The monoisotopic (exact) mass is 282 g/mol. The Hall–Kier alpha value is -1.49.